The van der Waals surface area contributed by atoms with Gasteiger partial charge in [-0.3, -0.25) is 0 Å². The number of aliphatic hydroxyl groups is 1. The Morgan fingerprint density at radius 2 is 1.95 bits per heavy atom. The first-order valence-electron chi connectivity index (χ1n) is 8.08. The first-order chi connectivity index (χ1) is 9.99. The Morgan fingerprint density at radius 3 is 2.62 bits per heavy atom. The van der Waals surface area contributed by atoms with E-state index in [1.807, 2.05) is 12.1 Å². The van der Waals surface area contributed by atoms with Crippen molar-refractivity contribution in [3.8, 4) is 0 Å². The molecule has 2 N–H and O–H groups in total. The summed E-state index contributed by atoms with van der Waals surface area (Å²) < 4.78 is 5.51. The Balaban J connectivity index is 2.20. The number of nitrogens with one attached hydrogen (secondary N) is 1. The Kier molecular flexibility index (Phi) is 8.40. The van der Waals surface area contributed by atoms with Crippen molar-refractivity contribution in [2.75, 3.05) is 25.1 Å². The van der Waals surface area contributed by atoms with Crippen LogP contribution in [0, 0.1) is 5.92 Å². The van der Waals surface area contributed by atoms with Crippen LogP contribution in [0.25, 0.3) is 0 Å². The quantitative estimate of drug-likeness (QED) is 0.640. The fourth-order valence-electron chi connectivity index (χ4n) is 2.12. The van der Waals surface area contributed by atoms with Crippen molar-refractivity contribution in [3.63, 3.8) is 0 Å². The number of ether oxygens (including phenoxy) is 1. The molecule has 0 aliphatic carbocycles. The fourth-order valence-corrected chi connectivity index (χ4v) is 2.12. The van der Waals surface area contributed by atoms with Gasteiger partial charge in [0.15, 0.2) is 0 Å². The highest BCUT2D eigenvalue weighted by Gasteiger charge is 2.05. The van der Waals surface area contributed by atoms with Crippen LogP contribution >= 0.6 is 0 Å². The van der Waals surface area contributed by atoms with E-state index in [2.05, 4.69) is 45.1 Å². The molecule has 0 amide bonds. The van der Waals surface area contributed by atoms with Crippen LogP contribution in [0.4, 0.5) is 5.69 Å². The highest BCUT2D eigenvalue weighted by atomic mass is 16.5. The van der Waals surface area contributed by atoms with Crippen LogP contribution < -0.4 is 5.32 Å². The summed E-state index contributed by atoms with van der Waals surface area (Å²) in [5, 5.41) is 13.2. The second-order valence-electron chi connectivity index (χ2n) is 6.43. The van der Waals surface area contributed by atoms with E-state index in [1.54, 1.807) is 0 Å². The van der Waals surface area contributed by atoms with Gasteiger partial charge in [0.25, 0.3) is 0 Å². The van der Waals surface area contributed by atoms with Gasteiger partial charge in [-0.1, -0.05) is 39.8 Å². The molecule has 0 spiro atoms. The normalized spacial score (nSPS) is 12.9. The summed E-state index contributed by atoms with van der Waals surface area (Å²) in [5.74, 6) is 1.23. The lowest BCUT2D eigenvalue weighted by Gasteiger charge is -2.15. The van der Waals surface area contributed by atoms with Crippen LogP contribution in [0.3, 0.4) is 0 Å². The number of rotatable bonds is 10. The number of hydrogen-bond donors (Lipinski definition) is 2. The molecular weight excluding hydrogens is 262 g/mol. The van der Waals surface area contributed by atoms with Crippen molar-refractivity contribution >= 4 is 5.69 Å². The van der Waals surface area contributed by atoms with Crippen LogP contribution in [0.2, 0.25) is 0 Å². The lowest BCUT2D eigenvalue weighted by molar-refractivity contribution is 0.0409. The molecule has 120 valence electrons. The predicted molar refractivity (Wildman–Crippen MR) is 89.9 cm³/mol. The maximum atomic E-state index is 9.91. The van der Waals surface area contributed by atoms with Gasteiger partial charge in [0.2, 0.25) is 0 Å². The highest BCUT2D eigenvalue weighted by Crippen LogP contribution is 2.18. The lowest BCUT2D eigenvalue weighted by atomic mass is 10.0. The molecule has 1 rings (SSSR count). The van der Waals surface area contributed by atoms with Crippen molar-refractivity contribution in [2.24, 2.45) is 5.92 Å². The largest absolute Gasteiger partial charge is 0.389 e. The van der Waals surface area contributed by atoms with Gasteiger partial charge >= 0.3 is 0 Å². The Bertz CT molecular complexity index is 391. The standard InChI is InChI=1S/C18H31NO2/c1-14(2)7-6-10-21-13-18(20)12-19-17-9-5-8-16(11-17)15(3)4/h5,8-9,11,14-15,18-20H,6-7,10,12-13H2,1-4H3. The highest BCUT2D eigenvalue weighted by molar-refractivity contribution is 5.46. The zero-order chi connectivity index (χ0) is 15.7. The van der Waals surface area contributed by atoms with Gasteiger partial charge in [-0.2, -0.15) is 0 Å². The molecule has 3 nitrogen and oxygen atoms in total. The second-order valence-corrected chi connectivity index (χ2v) is 6.43. The monoisotopic (exact) mass is 293 g/mol. The van der Waals surface area contributed by atoms with E-state index < -0.39 is 6.10 Å². The van der Waals surface area contributed by atoms with Crippen LogP contribution in [0.5, 0.6) is 0 Å². The molecular formula is C18H31NO2. The van der Waals surface area contributed by atoms with Gasteiger partial charge in [-0.15, -0.1) is 0 Å². The molecule has 0 radical (unpaired) electrons. The molecule has 21 heavy (non-hydrogen) atoms. The van der Waals surface area contributed by atoms with Crippen molar-refractivity contribution in [3.05, 3.63) is 29.8 Å². The first-order valence-corrected chi connectivity index (χ1v) is 8.08. The fraction of sp³-hybridized carbons (Fsp3) is 0.667. The van der Waals surface area contributed by atoms with Gasteiger partial charge in [0, 0.05) is 18.8 Å². The number of aliphatic hydroxyl groups excluding tert-OH is 1. The topological polar surface area (TPSA) is 41.5 Å². The molecule has 0 aliphatic rings. The maximum Gasteiger partial charge on any atom is 0.0945 e. The van der Waals surface area contributed by atoms with E-state index in [0.717, 1.165) is 18.7 Å². The maximum absolute atomic E-state index is 9.91. The van der Waals surface area contributed by atoms with E-state index in [0.29, 0.717) is 25.0 Å². The van der Waals surface area contributed by atoms with Gasteiger partial charge < -0.3 is 15.2 Å². The van der Waals surface area contributed by atoms with Crippen molar-refractivity contribution in [1.29, 1.82) is 0 Å². The van der Waals surface area contributed by atoms with Gasteiger partial charge in [-0.25, -0.2) is 0 Å². The Labute approximate surface area is 129 Å². The van der Waals surface area contributed by atoms with Crippen LogP contribution in [-0.2, 0) is 4.74 Å². The molecule has 1 unspecified atom stereocenters. The zero-order valence-corrected chi connectivity index (χ0v) is 13.9. The van der Waals surface area contributed by atoms with Gasteiger partial charge in [0.1, 0.15) is 0 Å². The predicted octanol–water partition coefficient (Wildman–Crippen LogP) is 4.04. The smallest absolute Gasteiger partial charge is 0.0945 e. The second kappa shape index (κ2) is 9.80. The third kappa shape index (κ3) is 8.08. The summed E-state index contributed by atoms with van der Waals surface area (Å²) in [6, 6.07) is 8.35. The molecule has 1 aromatic rings. The Morgan fingerprint density at radius 1 is 1.19 bits per heavy atom. The average Bonchev–Trinajstić information content (AvgIpc) is 2.44. The van der Waals surface area contributed by atoms with E-state index in [4.69, 9.17) is 4.74 Å². The van der Waals surface area contributed by atoms with Gasteiger partial charge in [-0.05, 0) is 42.4 Å². The van der Waals surface area contributed by atoms with E-state index in [1.165, 1.54) is 12.0 Å². The summed E-state index contributed by atoms with van der Waals surface area (Å²) in [5.41, 5.74) is 2.36. The molecule has 1 aromatic carbocycles. The summed E-state index contributed by atoms with van der Waals surface area (Å²) >= 11 is 0. The number of hydrogen-bond acceptors (Lipinski definition) is 3. The average molecular weight is 293 g/mol. The number of benzene rings is 1. The van der Waals surface area contributed by atoms with Crippen LogP contribution in [-0.4, -0.2) is 31.0 Å². The zero-order valence-electron chi connectivity index (χ0n) is 13.9. The minimum Gasteiger partial charge on any atom is -0.389 e. The van der Waals surface area contributed by atoms with Crippen molar-refractivity contribution in [1.82, 2.24) is 0 Å². The number of anilines is 1. The molecule has 1 atom stereocenters. The van der Waals surface area contributed by atoms with Gasteiger partial charge in [0.05, 0.1) is 12.7 Å². The molecule has 0 saturated carbocycles. The molecule has 0 heterocycles. The summed E-state index contributed by atoms with van der Waals surface area (Å²) in [4.78, 5) is 0. The van der Waals surface area contributed by atoms with Crippen LogP contribution in [0.15, 0.2) is 24.3 Å². The third-order valence-electron chi connectivity index (χ3n) is 3.48. The minimum atomic E-state index is -0.466. The minimum absolute atomic E-state index is 0.398. The van der Waals surface area contributed by atoms with Crippen molar-refractivity contribution in [2.45, 2.75) is 52.6 Å². The summed E-state index contributed by atoms with van der Waals surface area (Å²) in [6.07, 6.45) is 1.77. The Hall–Kier alpha value is -1.06. The molecule has 0 aromatic heterocycles. The van der Waals surface area contributed by atoms with E-state index in [9.17, 15) is 5.11 Å². The van der Waals surface area contributed by atoms with E-state index in [-0.39, 0.29) is 0 Å². The first kappa shape index (κ1) is 18.0. The SMILES string of the molecule is CC(C)CCCOCC(O)CNc1cccc(C(C)C)c1. The molecule has 0 bridgehead atoms. The molecule has 0 saturated heterocycles. The molecule has 0 aliphatic heterocycles. The summed E-state index contributed by atoms with van der Waals surface area (Å²) in [6.45, 7) is 10.4. The molecule has 0 fully saturated rings. The third-order valence-corrected chi connectivity index (χ3v) is 3.48. The summed E-state index contributed by atoms with van der Waals surface area (Å²) in [7, 11) is 0. The lowest BCUT2D eigenvalue weighted by Crippen LogP contribution is -2.25. The van der Waals surface area contributed by atoms with Crippen molar-refractivity contribution < 1.29 is 9.84 Å². The van der Waals surface area contributed by atoms with E-state index >= 15 is 0 Å². The van der Waals surface area contributed by atoms with Crippen LogP contribution in [0.1, 0.15) is 52.0 Å². The molecule has 3 heteroatoms.